The number of rotatable bonds is 7. The molecule has 0 aromatic heterocycles. The molecule has 0 unspecified atom stereocenters. The van der Waals surface area contributed by atoms with E-state index in [1.54, 1.807) is 13.8 Å². The highest BCUT2D eigenvalue weighted by molar-refractivity contribution is 7.89. The van der Waals surface area contributed by atoms with Gasteiger partial charge in [0.1, 0.15) is 5.75 Å². The Morgan fingerprint density at radius 2 is 1.52 bits per heavy atom. The van der Waals surface area contributed by atoms with Crippen LogP contribution >= 0.6 is 0 Å². The molecule has 5 rings (SSSR count). The van der Waals surface area contributed by atoms with Crippen LogP contribution in [0.25, 0.3) is 0 Å². The number of ether oxygens (including phenoxy) is 1. The van der Waals surface area contributed by atoms with E-state index in [1.807, 2.05) is 0 Å². The summed E-state index contributed by atoms with van der Waals surface area (Å²) in [6, 6.07) is 3.93. The number of halogens is 3. The second-order valence-corrected chi connectivity index (χ2v) is 11.7. The number of sulfonamides is 1. The molecule has 9 heteroatoms. The number of Topliss-reactive ketones (excluding diaryl/α,β-unsaturated/α-hetero) is 1. The molecule has 0 radical (unpaired) electrons. The van der Waals surface area contributed by atoms with Gasteiger partial charge in [-0.2, -0.15) is 4.72 Å². The van der Waals surface area contributed by atoms with E-state index in [0.29, 0.717) is 24.2 Å². The molecule has 1 aromatic rings. The first kappa shape index (κ1) is 22.6. The molecule has 4 aliphatic carbocycles. The Balaban J connectivity index is 1.42. The molecule has 31 heavy (non-hydrogen) atoms. The SMILES string of the molecule is CC(C)(NS(=O)(=O)c1ccc(OC(F)(F)F)cc1)C(=O)CC1C2CC3CC(C2)CC1C3. The highest BCUT2D eigenvalue weighted by Gasteiger charge is 2.49. The van der Waals surface area contributed by atoms with Crippen molar-refractivity contribution in [1.82, 2.24) is 4.72 Å². The van der Waals surface area contributed by atoms with E-state index in [9.17, 15) is 26.4 Å². The molecule has 0 atom stereocenters. The van der Waals surface area contributed by atoms with Crippen LogP contribution in [0, 0.1) is 29.6 Å². The zero-order chi connectivity index (χ0) is 22.6. The summed E-state index contributed by atoms with van der Waals surface area (Å²) in [7, 11) is -4.09. The smallest absolute Gasteiger partial charge is 0.406 e. The summed E-state index contributed by atoms with van der Waals surface area (Å²) < 4.78 is 68.6. The first-order valence-electron chi connectivity index (χ1n) is 10.8. The Bertz CT molecular complexity index is 912. The molecular formula is C22H28F3NO4S. The second-order valence-electron chi connectivity index (χ2n) is 9.97. The van der Waals surface area contributed by atoms with Crippen molar-refractivity contribution in [1.29, 1.82) is 0 Å². The number of hydrogen-bond acceptors (Lipinski definition) is 4. The number of nitrogens with one attached hydrogen (secondary N) is 1. The van der Waals surface area contributed by atoms with Gasteiger partial charge in [0.15, 0.2) is 5.78 Å². The third-order valence-electron chi connectivity index (χ3n) is 7.30. The Morgan fingerprint density at radius 3 is 2.00 bits per heavy atom. The minimum Gasteiger partial charge on any atom is -0.406 e. The van der Waals surface area contributed by atoms with E-state index in [4.69, 9.17) is 0 Å². The van der Waals surface area contributed by atoms with Crippen molar-refractivity contribution in [3.05, 3.63) is 24.3 Å². The predicted molar refractivity (Wildman–Crippen MR) is 108 cm³/mol. The minimum atomic E-state index is -4.86. The Labute approximate surface area is 180 Å². The quantitative estimate of drug-likeness (QED) is 0.643. The summed E-state index contributed by atoms with van der Waals surface area (Å²) in [5, 5.41) is 0. The largest absolute Gasteiger partial charge is 0.573 e. The number of benzene rings is 1. The molecule has 1 N–H and O–H groups in total. The van der Waals surface area contributed by atoms with E-state index in [0.717, 1.165) is 36.1 Å². The third-order valence-corrected chi connectivity index (χ3v) is 8.97. The Morgan fingerprint density at radius 1 is 1.00 bits per heavy atom. The van der Waals surface area contributed by atoms with Gasteiger partial charge in [-0.25, -0.2) is 8.42 Å². The molecule has 4 aliphatic rings. The van der Waals surface area contributed by atoms with Gasteiger partial charge < -0.3 is 4.74 Å². The maximum atomic E-state index is 13.1. The molecular weight excluding hydrogens is 431 g/mol. The molecule has 4 fully saturated rings. The first-order valence-corrected chi connectivity index (χ1v) is 12.2. The maximum absolute atomic E-state index is 13.1. The molecule has 5 nitrogen and oxygen atoms in total. The number of ketones is 1. The lowest BCUT2D eigenvalue weighted by atomic mass is 9.51. The number of alkyl halides is 3. The fourth-order valence-corrected chi connectivity index (χ4v) is 7.51. The van der Waals surface area contributed by atoms with Crippen molar-refractivity contribution < 1.29 is 31.1 Å². The van der Waals surface area contributed by atoms with Crippen LogP contribution in [0.2, 0.25) is 0 Å². The summed E-state index contributed by atoms with van der Waals surface area (Å²) in [6.07, 6.45) is 1.57. The molecule has 0 saturated heterocycles. The summed E-state index contributed by atoms with van der Waals surface area (Å²) in [5.74, 6) is 2.38. The zero-order valence-corrected chi connectivity index (χ0v) is 18.4. The summed E-state index contributed by atoms with van der Waals surface area (Å²) >= 11 is 0. The monoisotopic (exact) mass is 459 g/mol. The van der Waals surface area contributed by atoms with E-state index in [2.05, 4.69) is 9.46 Å². The molecule has 4 bridgehead atoms. The fraction of sp³-hybridized carbons (Fsp3) is 0.682. The predicted octanol–water partition coefficient (Wildman–Crippen LogP) is 4.67. The molecule has 0 spiro atoms. The van der Waals surface area contributed by atoms with Gasteiger partial charge >= 0.3 is 6.36 Å². The molecule has 0 amide bonds. The lowest BCUT2D eigenvalue weighted by Crippen LogP contribution is -2.52. The van der Waals surface area contributed by atoms with Crippen LogP contribution in [0.4, 0.5) is 13.2 Å². The highest BCUT2D eigenvalue weighted by atomic mass is 32.2. The van der Waals surface area contributed by atoms with Gasteiger partial charge in [0.25, 0.3) is 0 Å². The van der Waals surface area contributed by atoms with Crippen molar-refractivity contribution >= 4 is 15.8 Å². The minimum absolute atomic E-state index is 0.148. The van der Waals surface area contributed by atoms with E-state index < -0.39 is 27.7 Å². The summed E-state index contributed by atoms with van der Waals surface area (Å²) in [6.45, 7) is 3.09. The summed E-state index contributed by atoms with van der Waals surface area (Å²) in [5.41, 5.74) is -1.31. The average Bonchev–Trinajstić information content (AvgIpc) is 2.62. The van der Waals surface area contributed by atoms with E-state index in [-0.39, 0.29) is 10.7 Å². The standard InChI is InChI=1S/C22H28F3NO4S/c1-21(2,20(27)12-19-15-8-13-7-14(10-15)11-16(19)9-13)26-31(28,29)18-5-3-17(4-6-18)30-22(23,24)25/h3-6,13-16,19,26H,7-12H2,1-2H3. The average molecular weight is 460 g/mol. The third kappa shape index (κ3) is 4.92. The molecule has 0 heterocycles. The number of hydrogen-bond donors (Lipinski definition) is 1. The molecule has 1 aromatic carbocycles. The fourth-order valence-electron chi connectivity index (χ4n) is 6.11. The second kappa shape index (κ2) is 7.76. The molecule has 4 saturated carbocycles. The first-order chi connectivity index (χ1) is 14.3. The topological polar surface area (TPSA) is 72.5 Å². The van der Waals surface area contributed by atoms with Crippen molar-refractivity contribution in [3.8, 4) is 5.75 Å². The van der Waals surface area contributed by atoms with Crippen LogP contribution in [0.1, 0.15) is 52.4 Å². The lowest BCUT2D eigenvalue weighted by Gasteiger charge is -2.54. The normalized spacial score (nSPS) is 30.4. The van der Waals surface area contributed by atoms with Crippen molar-refractivity contribution in [2.75, 3.05) is 0 Å². The van der Waals surface area contributed by atoms with Gasteiger partial charge in [-0.05, 0) is 99.8 Å². The Kier molecular flexibility index (Phi) is 5.65. The number of carbonyl (C=O) groups excluding carboxylic acids is 1. The molecule has 172 valence electrons. The van der Waals surface area contributed by atoms with Crippen molar-refractivity contribution in [2.45, 2.75) is 69.2 Å². The lowest BCUT2D eigenvalue weighted by molar-refractivity contribution is -0.274. The van der Waals surface area contributed by atoms with Crippen LogP contribution in [0.15, 0.2) is 29.2 Å². The van der Waals surface area contributed by atoms with Gasteiger partial charge in [0, 0.05) is 6.42 Å². The van der Waals surface area contributed by atoms with Gasteiger partial charge in [-0.1, -0.05) is 0 Å². The van der Waals surface area contributed by atoms with Crippen LogP contribution in [0.5, 0.6) is 5.75 Å². The number of carbonyl (C=O) groups is 1. The maximum Gasteiger partial charge on any atom is 0.573 e. The van der Waals surface area contributed by atoms with Crippen molar-refractivity contribution in [2.24, 2.45) is 29.6 Å². The van der Waals surface area contributed by atoms with Gasteiger partial charge in [-0.15, -0.1) is 13.2 Å². The zero-order valence-electron chi connectivity index (χ0n) is 17.6. The van der Waals surface area contributed by atoms with Crippen LogP contribution in [0.3, 0.4) is 0 Å². The van der Waals surface area contributed by atoms with Crippen LogP contribution in [-0.4, -0.2) is 26.1 Å². The van der Waals surface area contributed by atoms with Crippen LogP contribution in [-0.2, 0) is 14.8 Å². The van der Waals surface area contributed by atoms with Crippen molar-refractivity contribution in [3.63, 3.8) is 0 Å². The van der Waals surface area contributed by atoms with Gasteiger partial charge in [0.2, 0.25) is 10.0 Å². The summed E-state index contributed by atoms with van der Waals surface area (Å²) in [4.78, 5) is 12.9. The van der Waals surface area contributed by atoms with Gasteiger partial charge in [-0.3, -0.25) is 4.79 Å². The van der Waals surface area contributed by atoms with Crippen LogP contribution < -0.4 is 9.46 Å². The molecule has 0 aliphatic heterocycles. The van der Waals surface area contributed by atoms with E-state index >= 15 is 0 Å². The van der Waals surface area contributed by atoms with E-state index in [1.165, 1.54) is 32.1 Å². The van der Waals surface area contributed by atoms with Gasteiger partial charge in [0.05, 0.1) is 10.4 Å². The highest BCUT2D eigenvalue weighted by Crippen LogP contribution is 2.57. The Hall–Kier alpha value is -1.61.